The van der Waals surface area contributed by atoms with E-state index in [2.05, 4.69) is 15.0 Å². The van der Waals surface area contributed by atoms with E-state index in [1.807, 2.05) is 19.1 Å². The third kappa shape index (κ3) is 6.27. The molecule has 0 spiro atoms. The van der Waals surface area contributed by atoms with Gasteiger partial charge >= 0.3 is 5.97 Å². The number of hydrogen-bond acceptors (Lipinski definition) is 7. The van der Waals surface area contributed by atoms with E-state index in [0.29, 0.717) is 11.4 Å². The van der Waals surface area contributed by atoms with Gasteiger partial charge in [-0.25, -0.2) is 13.2 Å². The zero-order chi connectivity index (χ0) is 28.2. The summed E-state index contributed by atoms with van der Waals surface area (Å²) in [5.74, 6) is -1.20. The van der Waals surface area contributed by atoms with Gasteiger partial charge in [0.15, 0.2) is 6.10 Å². The van der Waals surface area contributed by atoms with Gasteiger partial charge in [-0.2, -0.15) is 0 Å². The molecule has 4 aromatic rings. The number of benzene rings is 3. The van der Waals surface area contributed by atoms with Crippen LogP contribution in [0, 0.1) is 0 Å². The molecule has 0 aliphatic rings. The maximum atomic E-state index is 13.1. The van der Waals surface area contributed by atoms with Crippen LogP contribution in [0.25, 0.3) is 10.9 Å². The quantitative estimate of drug-likeness (QED) is 0.267. The number of fused-ring (bicyclic) bond motifs is 1. The van der Waals surface area contributed by atoms with Gasteiger partial charge in [-0.05, 0) is 61.4 Å². The number of aromatic nitrogens is 1. The van der Waals surface area contributed by atoms with Crippen LogP contribution in [0.3, 0.4) is 0 Å². The molecule has 10 nitrogen and oxygen atoms in total. The molecule has 0 saturated heterocycles. The molecule has 4 rings (SSSR count). The predicted octanol–water partition coefficient (Wildman–Crippen LogP) is 4.08. The first kappa shape index (κ1) is 27.4. The molecule has 0 aliphatic heterocycles. The van der Waals surface area contributed by atoms with E-state index < -0.39 is 33.6 Å². The fourth-order valence-corrected chi connectivity index (χ4v) is 4.94. The van der Waals surface area contributed by atoms with E-state index in [1.165, 1.54) is 32.2 Å². The summed E-state index contributed by atoms with van der Waals surface area (Å²) in [6, 6.07) is 18.7. The van der Waals surface area contributed by atoms with Gasteiger partial charge in [0.1, 0.15) is 5.75 Å². The number of aryl methyl sites for hydroxylation is 1. The second-order valence-electron chi connectivity index (χ2n) is 8.65. The lowest BCUT2D eigenvalue weighted by Crippen LogP contribution is -2.30. The van der Waals surface area contributed by atoms with E-state index in [4.69, 9.17) is 9.47 Å². The zero-order valence-electron chi connectivity index (χ0n) is 21.5. The summed E-state index contributed by atoms with van der Waals surface area (Å²) in [4.78, 5) is 40.3. The van der Waals surface area contributed by atoms with Gasteiger partial charge in [0, 0.05) is 22.7 Å². The summed E-state index contributed by atoms with van der Waals surface area (Å²) in [7, 11) is -2.69. The first-order chi connectivity index (χ1) is 18.6. The maximum absolute atomic E-state index is 13.1. The second kappa shape index (κ2) is 11.4. The Bertz CT molecular complexity index is 1700. The molecule has 1 atom stereocenters. The van der Waals surface area contributed by atoms with E-state index in [0.717, 1.165) is 18.1 Å². The number of carbonyl (C=O) groups is 2. The van der Waals surface area contributed by atoms with Gasteiger partial charge in [-0.15, -0.1) is 0 Å². The number of sulfonamides is 1. The summed E-state index contributed by atoms with van der Waals surface area (Å²) >= 11 is 0. The number of ether oxygens (including phenoxy) is 2. The van der Waals surface area contributed by atoms with Gasteiger partial charge in [-0.3, -0.25) is 14.3 Å². The minimum atomic E-state index is -4.10. The highest BCUT2D eigenvalue weighted by Crippen LogP contribution is 2.28. The summed E-state index contributed by atoms with van der Waals surface area (Å²) in [5, 5.41) is 2.81. The van der Waals surface area contributed by atoms with Crippen molar-refractivity contribution in [1.82, 2.24) is 4.98 Å². The maximum Gasteiger partial charge on any atom is 0.339 e. The van der Waals surface area contributed by atoms with Crippen LogP contribution in [0.4, 0.5) is 11.4 Å². The van der Waals surface area contributed by atoms with Gasteiger partial charge in [0.25, 0.3) is 15.9 Å². The van der Waals surface area contributed by atoms with Crippen LogP contribution < -0.4 is 20.3 Å². The Hall–Kier alpha value is -4.64. The van der Waals surface area contributed by atoms with Crippen molar-refractivity contribution in [3.8, 4) is 5.75 Å². The van der Waals surface area contributed by atoms with Crippen LogP contribution in [0.1, 0.15) is 29.8 Å². The molecular formula is C28H27N3O7S. The van der Waals surface area contributed by atoms with Crippen LogP contribution in [-0.4, -0.2) is 38.5 Å². The number of carbonyl (C=O) groups excluding carboxylic acids is 2. The average molecular weight is 550 g/mol. The Kier molecular flexibility index (Phi) is 8.01. The molecule has 1 heterocycles. The second-order valence-corrected chi connectivity index (χ2v) is 10.3. The van der Waals surface area contributed by atoms with Crippen molar-refractivity contribution in [1.29, 1.82) is 0 Å². The van der Waals surface area contributed by atoms with E-state index >= 15 is 0 Å². The van der Waals surface area contributed by atoms with Crippen LogP contribution in [0.2, 0.25) is 0 Å². The lowest BCUT2D eigenvalue weighted by atomic mass is 10.1. The normalized spacial score (nSPS) is 12.0. The Balaban J connectivity index is 1.59. The van der Waals surface area contributed by atoms with Crippen molar-refractivity contribution in [2.24, 2.45) is 0 Å². The molecule has 11 heteroatoms. The molecular weight excluding hydrogens is 522 g/mol. The predicted molar refractivity (Wildman–Crippen MR) is 148 cm³/mol. The fraction of sp³-hybridized carbons (Fsp3) is 0.179. The monoisotopic (exact) mass is 549 g/mol. The third-order valence-corrected chi connectivity index (χ3v) is 7.34. The lowest BCUT2D eigenvalue weighted by molar-refractivity contribution is -0.123. The van der Waals surface area contributed by atoms with Crippen LogP contribution in [0.5, 0.6) is 5.75 Å². The number of methoxy groups -OCH3 is 1. The molecule has 0 radical (unpaired) electrons. The zero-order valence-corrected chi connectivity index (χ0v) is 22.3. The Morgan fingerprint density at radius 2 is 1.72 bits per heavy atom. The number of amides is 1. The molecule has 1 aromatic heterocycles. The topological polar surface area (TPSA) is 144 Å². The number of pyridine rings is 1. The molecule has 3 aromatic carbocycles. The molecule has 0 unspecified atom stereocenters. The first-order valence-corrected chi connectivity index (χ1v) is 13.5. The highest BCUT2D eigenvalue weighted by Gasteiger charge is 2.23. The lowest BCUT2D eigenvalue weighted by Gasteiger charge is -2.15. The number of aromatic amines is 1. The van der Waals surface area contributed by atoms with Crippen molar-refractivity contribution in [2.45, 2.75) is 31.3 Å². The number of H-pyrrole nitrogens is 1. The number of para-hydroxylation sites is 2. The SMILES string of the molecule is CCc1ccc(NC(=O)[C@H](C)OC(=O)c2cc(=O)[nH]c3ccc(S(=O)(=O)Nc4ccccc4OC)cc23)cc1. The molecule has 3 N–H and O–H groups in total. The smallest absolute Gasteiger partial charge is 0.339 e. The van der Waals surface area contributed by atoms with E-state index in [9.17, 15) is 22.8 Å². The van der Waals surface area contributed by atoms with E-state index in [1.54, 1.807) is 36.4 Å². The summed E-state index contributed by atoms with van der Waals surface area (Å²) in [6.07, 6.45) is -0.344. The summed E-state index contributed by atoms with van der Waals surface area (Å²) < 4.78 is 39.3. The highest BCUT2D eigenvalue weighted by atomic mass is 32.2. The van der Waals surface area contributed by atoms with Gasteiger partial charge in [0.2, 0.25) is 5.56 Å². The first-order valence-electron chi connectivity index (χ1n) is 12.0. The Morgan fingerprint density at radius 3 is 2.41 bits per heavy atom. The number of nitrogens with one attached hydrogen (secondary N) is 3. The Labute approximate surface area is 225 Å². The molecule has 0 aliphatic carbocycles. The van der Waals surface area contributed by atoms with Crippen molar-refractivity contribution >= 4 is 44.2 Å². The van der Waals surface area contributed by atoms with Gasteiger partial charge < -0.3 is 19.8 Å². The highest BCUT2D eigenvalue weighted by molar-refractivity contribution is 7.92. The molecule has 0 saturated carbocycles. The molecule has 39 heavy (non-hydrogen) atoms. The van der Waals surface area contributed by atoms with Crippen LogP contribution in [-0.2, 0) is 26.0 Å². The van der Waals surface area contributed by atoms with Crippen molar-refractivity contribution < 1.29 is 27.5 Å². The van der Waals surface area contributed by atoms with Crippen molar-refractivity contribution in [2.75, 3.05) is 17.1 Å². The number of esters is 1. The molecule has 0 bridgehead atoms. The van der Waals surface area contributed by atoms with Crippen molar-refractivity contribution in [3.63, 3.8) is 0 Å². The average Bonchev–Trinajstić information content (AvgIpc) is 2.92. The molecule has 202 valence electrons. The van der Waals surface area contributed by atoms with Gasteiger partial charge in [0.05, 0.1) is 23.3 Å². The third-order valence-electron chi connectivity index (χ3n) is 5.98. The van der Waals surface area contributed by atoms with Crippen LogP contribution >= 0.6 is 0 Å². The van der Waals surface area contributed by atoms with Crippen LogP contribution in [0.15, 0.2) is 82.5 Å². The fourth-order valence-electron chi connectivity index (χ4n) is 3.85. The van der Waals surface area contributed by atoms with Crippen molar-refractivity contribution in [3.05, 3.63) is 94.3 Å². The Morgan fingerprint density at radius 1 is 1.00 bits per heavy atom. The number of anilines is 2. The minimum absolute atomic E-state index is 0.130. The summed E-state index contributed by atoms with van der Waals surface area (Å²) in [5.41, 5.74) is 1.32. The van der Waals surface area contributed by atoms with Gasteiger partial charge in [-0.1, -0.05) is 31.2 Å². The number of rotatable bonds is 9. The molecule has 0 fully saturated rings. The number of hydrogen-bond donors (Lipinski definition) is 3. The molecule has 1 amide bonds. The largest absolute Gasteiger partial charge is 0.495 e. The summed E-state index contributed by atoms with van der Waals surface area (Å²) in [6.45, 7) is 3.42. The standard InChI is InChI=1S/C28H27N3O7S/c1-4-18-9-11-19(12-10-18)29-27(33)17(2)38-28(34)22-16-26(32)30-23-14-13-20(15-21(22)23)39(35,36)31-24-7-5-6-8-25(24)37-3/h5-17,31H,4H2,1-3H3,(H,29,33)(H,30,32)/t17-/m0/s1. The minimum Gasteiger partial charge on any atom is -0.495 e. The van der Waals surface area contributed by atoms with E-state index in [-0.39, 0.29) is 27.0 Å².